The molecule has 1 aromatic heterocycles. The first-order valence-electron chi connectivity index (χ1n) is 9.51. The van der Waals surface area contributed by atoms with Crippen LogP contribution in [0.4, 0.5) is 0 Å². The van der Waals surface area contributed by atoms with Crippen LogP contribution >= 0.6 is 12.6 Å². The number of carbonyl (C=O) groups excluding carboxylic acids is 1. The van der Waals surface area contributed by atoms with Crippen molar-refractivity contribution < 1.29 is 4.79 Å². The lowest BCUT2D eigenvalue weighted by atomic mass is 9.82. The van der Waals surface area contributed by atoms with E-state index in [0.29, 0.717) is 24.8 Å². The van der Waals surface area contributed by atoms with Gasteiger partial charge in [0, 0.05) is 24.7 Å². The number of aliphatic imine (C=N–C) groups is 1. The van der Waals surface area contributed by atoms with Crippen LogP contribution in [-0.2, 0) is 16.9 Å². The van der Waals surface area contributed by atoms with Gasteiger partial charge in [0.25, 0.3) is 5.91 Å². The van der Waals surface area contributed by atoms with Gasteiger partial charge in [-0.1, -0.05) is 60.7 Å². The number of thiol groups is 1. The molecule has 2 heterocycles. The fourth-order valence-electron chi connectivity index (χ4n) is 3.61. The smallest absolute Gasteiger partial charge is 0.264 e. The molecule has 5 nitrogen and oxygen atoms in total. The lowest BCUT2D eigenvalue weighted by Crippen LogP contribution is -2.45. The summed E-state index contributed by atoms with van der Waals surface area (Å²) in [5.74, 6) is 1.06. The van der Waals surface area contributed by atoms with E-state index in [1.807, 2.05) is 72.8 Å². The van der Waals surface area contributed by atoms with Crippen molar-refractivity contribution in [3.63, 3.8) is 0 Å². The third-order valence-electron chi connectivity index (χ3n) is 5.02. The number of guanidine groups is 1. The highest BCUT2D eigenvalue weighted by molar-refractivity contribution is 7.80. The molecule has 29 heavy (non-hydrogen) atoms. The number of hydrogen-bond acceptors (Lipinski definition) is 4. The maximum absolute atomic E-state index is 13.8. The highest BCUT2D eigenvalue weighted by Gasteiger charge is 2.52. The molecule has 0 unspecified atom stereocenters. The number of carbonyl (C=O) groups is 1. The molecule has 2 aromatic carbocycles. The summed E-state index contributed by atoms with van der Waals surface area (Å²) in [6.07, 6.45) is 3.49. The minimum atomic E-state index is -1.01. The van der Waals surface area contributed by atoms with Gasteiger partial charge in [-0.05, 0) is 28.8 Å². The van der Waals surface area contributed by atoms with E-state index in [-0.39, 0.29) is 5.91 Å². The summed E-state index contributed by atoms with van der Waals surface area (Å²) in [5.41, 5.74) is 1.79. The maximum atomic E-state index is 13.8. The summed E-state index contributed by atoms with van der Waals surface area (Å²) < 4.78 is 0. The second-order valence-electron chi connectivity index (χ2n) is 6.78. The van der Waals surface area contributed by atoms with Crippen LogP contribution in [0.3, 0.4) is 0 Å². The van der Waals surface area contributed by atoms with Crippen molar-refractivity contribution in [3.8, 4) is 0 Å². The number of benzene rings is 2. The Labute approximate surface area is 175 Å². The van der Waals surface area contributed by atoms with Crippen LogP contribution in [-0.4, -0.2) is 34.0 Å². The quantitative estimate of drug-likeness (QED) is 0.623. The van der Waals surface area contributed by atoms with Gasteiger partial charge in [0.2, 0.25) is 5.96 Å². The van der Waals surface area contributed by atoms with Gasteiger partial charge in [0.1, 0.15) is 0 Å². The van der Waals surface area contributed by atoms with Crippen molar-refractivity contribution in [1.82, 2.24) is 15.2 Å². The molecular weight excluding hydrogens is 380 g/mol. The number of rotatable bonds is 6. The molecule has 6 heteroatoms. The molecule has 4 rings (SSSR count). The Balaban J connectivity index is 1.80. The molecule has 0 aliphatic carbocycles. The molecule has 1 aliphatic rings. The van der Waals surface area contributed by atoms with Crippen LogP contribution < -0.4 is 5.32 Å². The molecule has 1 amide bonds. The van der Waals surface area contributed by atoms with Crippen LogP contribution in [0.5, 0.6) is 0 Å². The van der Waals surface area contributed by atoms with Crippen molar-refractivity contribution in [1.29, 1.82) is 0 Å². The van der Waals surface area contributed by atoms with Crippen molar-refractivity contribution in [2.24, 2.45) is 4.99 Å². The number of nitrogens with zero attached hydrogens (tertiary/aromatic N) is 3. The van der Waals surface area contributed by atoms with Gasteiger partial charge in [0.05, 0.1) is 6.54 Å². The molecule has 1 saturated heterocycles. The zero-order chi connectivity index (χ0) is 20.1. The van der Waals surface area contributed by atoms with E-state index >= 15 is 0 Å². The van der Waals surface area contributed by atoms with Gasteiger partial charge in [-0.15, -0.1) is 0 Å². The van der Waals surface area contributed by atoms with E-state index in [2.05, 4.69) is 22.9 Å². The second-order valence-corrected chi connectivity index (χ2v) is 7.23. The Morgan fingerprint density at radius 2 is 1.52 bits per heavy atom. The predicted molar refractivity (Wildman–Crippen MR) is 118 cm³/mol. The van der Waals surface area contributed by atoms with E-state index < -0.39 is 5.54 Å². The fourth-order valence-corrected chi connectivity index (χ4v) is 3.81. The third kappa shape index (κ3) is 3.63. The van der Waals surface area contributed by atoms with Gasteiger partial charge < -0.3 is 5.32 Å². The van der Waals surface area contributed by atoms with Crippen LogP contribution in [0.15, 0.2) is 90.2 Å². The Bertz CT molecular complexity index is 954. The third-order valence-corrected chi connectivity index (χ3v) is 5.22. The number of hydrogen-bond donors (Lipinski definition) is 2. The van der Waals surface area contributed by atoms with Gasteiger partial charge in [0.15, 0.2) is 5.54 Å². The zero-order valence-corrected chi connectivity index (χ0v) is 16.8. The Hall–Kier alpha value is -3.12. The molecule has 0 bridgehead atoms. The van der Waals surface area contributed by atoms with Gasteiger partial charge in [-0.2, -0.15) is 12.6 Å². The topological polar surface area (TPSA) is 57.6 Å². The molecular formula is C23H22N4OS. The highest BCUT2D eigenvalue weighted by atomic mass is 32.1. The van der Waals surface area contributed by atoms with Crippen LogP contribution in [0.2, 0.25) is 0 Å². The molecule has 0 radical (unpaired) electrons. The Kier molecular flexibility index (Phi) is 5.62. The van der Waals surface area contributed by atoms with Crippen LogP contribution in [0, 0.1) is 0 Å². The van der Waals surface area contributed by atoms with Gasteiger partial charge >= 0.3 is 0 Å². The normalized spacial score (nSPS) is 16.8. The standard InChI is InChI=1S/C23H22N4OS/c28-21-23(19-7-3-1-4-8-19,20-9-5-2-6-10-20)26-22(27(21)15-16-29)25-17-18-11-13-24-14-12-18/h1-14,29H,15-17H2,(H,25,26). The number of nitrogens with one attached hydrogen (secondary N) is 1. The van der Waals surface area contributed by atoms with Crippen molar-refractivity contribution >= 4 is 24.5 Å². The summed E-state index contributed by atoms with van der Waals surface area (Å²) in [5, 5.41) is 3.47. The molecule has 0 atom stereocenters. The molecule has 146 valence electrons. The molecule has 0 spiro atoms. The summed E-state index contributed by atoms with van der Waals surface area (Å²) in [6, 6.07) is 23.4. The van der Waals surface area contributed by atoms with Crippen molar-refractivity contribution in [2.75, 3.05) is 12.3 Å². The van der Waals surface area contributed by atoms with Crippen molar-refractivity contribution in [3.05, 3.63) is 102 Å². The lowest BCUT2D eigenvalue weighted by molar-refractivity contribution is -0.129. The second kappa shape index (κ2) is 8.49. The van der Waals surface area contributed by atoms with Gasteiger partial charge in [-0.3, -0.25) is 14.7 Å². The minimum absolute atomic E-state index is 0.0440. The zero-order valence-electron chi connectivity index (χ0n) is 15.9. The first-order chi connectivity index (χ1) is 14.3. The number of pyridine rings is 1. The largest absolute Gasteiger partial charge is 0.334 e. The van der Waals surface area contributed by atoms with E-state index in [1.165, 1.54) is 0 Å². The fraction of sp³-hybridized carbons (Fsp3) is 0.174. The molecule has 3 aromatic rings. The van der Waals surface area contributed by atoms with Crippen LogP contribution in [0.25, 0.3) is 0 Å². The van der Waals surface area contributed by atoms with E-state index in [1.54, 1.807) is 17.3 Å². The Morgan fingerprint density at radius 1 is 0.931 bits per heavy atom. The number of aromatic nitrogens is 1. The lowest BCUT2D eigenvalue weighted by Gasteiger charge is -2.28. The predicted octanol–water partition coefficient (Wildman–Crippen LogP) is 3.24. The first-order valence-corrected chi connectivity index (χ1v) is 10.1. The van der Waals surface area contributed by atoms with E-state index in [0.717, 1.165) is 16.7 Å². The summed E-state index contributed by atoms with van der Waals surface area (Å²) >= 11 is 4.36. The maximum Gasteiger partial charge on any atom is 0.264 e. The number of amides is 1. The monoisotopic (exact) mass is 402 g/mol. The summed E-state index contributed by atoms with van der Waals surface area (Å²) in [6.45, 7) is 0.937. The molecule has 0 saturated carbocycles. The average molecular weight is 403 g/mol. The molecule has 1 fully saturated rings. The van der Waals surface area contributed by atoms with Crippen molar-refractivity contribution in [2.45, 2.75) is 12.1 Å². The highest BCUT2D eigenvalue weighted by Crippen LogP contribution is 2.36. The molecule has 1 N–H and O–H groups in total. The SMILES string of the molecule is O=C1N(CCS)C(=NCc2ccncc2)NC1(c1ccccc1)c1ccccc1. The first kappa shape index (κ1) is 19.2. The molecule has 1 aliphatic heterocycles. The summed E-state index contributed by atoms with van der Waals surface area (Å²) in [4.78, 5) is 24.3. The van der Waals surface area contributed by atoms with E-state index in [4.69, 9.17) is 4.99 Å². The average Bonchev–Trinajstić information content (AvgIpc) is 3.07. The van der Waals surface area contributed by atoms with E-state index in [9.17, 15) is 4.79 Å². The summed E-state index contributed by atoms with van der Waals surface area (Å²) in [7, 11) is 0. The van der Waals surface area contributed by atoms with Gasteiger partial charge in [-0.25, -0.2) is 4.99 Å². The minimum Gasteiger partial charge on any atom is -0.334 e. The Morgan fingerprint density at radius 3 is 2.07 bits per heavy atom. The van der Waals surface area contributed by atoms with Crippen LogP contribution in [0.1, 0.15) is 16.7 Å².